The third-order valence-corrected chi connectivity index (χ3v) is 7.15. The molecule has 0 saturated carbocycles. The van der Waals surface area contributed by atoms with Crippen molar-refractivity contribution in [1.29, 1.82) is 0 Å². The summed E-state index contributed by atoms with van der Waals surface area (Å²) in [5.41, 5.74) is 2.39. The fourth-order valence-corrected chi connectivity index (χ4v) is 5.16. The van der Waals surface area contributed by atoms with E-state index in [4.69, 9.17) is 14.2 Å². The molecule has 2 aliphatic heterocycles. The van der Waals surface area contributed by atoms with Gasteiger partial charge in [0.1, 0.15) is 17.2 Å². The predicted octanol–water partition coefficient (Wildman–Crippen LogP) is 3.68. The van der Waals surface area contributed by atoms with Gasteiger partial charge in [-0.3, -0.25) is 14.6 Å². The number of hydrogen-bond donors (Lipinski definition) is 1. The van der Waals surface area contributed by atoms with Crippen molar-refractivity contribution in [3.63, 3.8) is 0 Å². The van der Waals surface area contributed by atoms with Gasteiger partial charge in [0.05, 0.1) is 31.9 Å². The molecule has 210 valence electrons. The van der Waals surface area contributed by atoms with Crippen LogP contribution in [0.15, 0.2) is 66.9 Å². The highest BCUT2D eigenvalue weighted by Gasteiger charge is 2.32. The van der Waals surface area contributed by atoms with Crippen LogP contribution in [0, 0.1) is 0 Å². The standard InChI is InChI=1S/C31H36N4O5/c1-3-38-26-16-23-17-27(18-26)40-25-9-6-7-22(15-25)21-39-29-11-14-35(13-10-24-8-4-5-12-32-24)19-28(29)33-30(36)20-34(2)31(23)37/h4-9,12,15-18,28-29H,3,10-11,13-14,19-21H2,1-2H3,(H,33,36)/t28-,29+/m0/s1. The Bertz CT molecular complexity index is 1320. The number of amides is 2. The lowest BCUT2D eigenvalue weighted by Crippen LogP contribution is -2.57. The maximum absolute atomic E-state index is 13.3. The molecule has 9 heteroatoms. The Morgan fingerprint density at radius 2 is 1.98 bits per heavy atom. The van der Waals surface area contributed by atoms with Crippen LogP contribution in [0.2, 0.25) is 0 Å². The van der Waals surface area contributed by atoms with Crippen molar-refractivity contribution in [2.45, 2.75) is 38.5 Å². The summed E-state index contributed by atoms with van der Waals surface area (Å²) in [6, 6.07) is 18.5. The number of ether oxygens (including phenoxy) is 3. The van der Waals surface area contributed by atoms with Crippen molar-refractivity contribution < 1.29 is 23.8 Å². The van der Waals surface area contributed by atoms with Gasteiger partial charge in [0.25, 0.3) is 5.91 Å². The molecular weight excluding hydrogens is 508 g/mol. The highest BCUT2D eigenvalue weighted by Crippen LogP contribution is 2.29. The number of benzene rings is 2. The fraction of sp³-hybridized carbons (Fsp3) is 0.387. The van der Waals surface area contributed by atoms with Gasteiger partial charge < -0.3 is 29.3 Å². The second kappa shape index (κ2) is 12.9. The van der Waals surface area contributed by atoms with Crippen LogP contribution in [0.4, 0.5) is 0 Å². The zero-order valence-corrected chi connectivity index (χ0v) is 23.0. The third kappa shape index (κ3) is 7.16. The van der Waals surface area contributed by atoms with E-state index >= 15 is 0 Å². The summed E-state index contributed by atoms with van der Waals surface area (Å²) in [5.74, 6) is 1.12. The number of rotatable bonds is 5. The maximum Gasteiger partial charge on any atom is 0.254 e. The molecule has 1 saturated heterocycles. The minimum atomic E-state index is -0.296. The number of carbonyl (C=O) groups excluding carboxylic acids is 2. The minimum Gasteiger partial charge on any atom is -0.494 e. The number of likely N-dealkylation sites (tertiary alicyclic amines) is 1. The molecule has 40 heavy (non-hydrogen) atoms. The largest absolute Gasteiger partial charge is 0.494 e. The topological polar surface area (TPSA) is 93.2 Å². The number of likely N-dealkylation sites (N-methyl/N-ethyl adjacent to an activating group) is 1. The van der Waals surface area contributed by atoms with Gasteiger partial charge in [-0.25, -0.2) is 0 Å². The summed E-state index contributed by atoms with van der Waals surface area (Å²) in [6.07, 6.45) is 3.27. The summed E-state index contributed by atoms with van der Waals surface area (Å²) >= 11 is 0. The van der Waals surface area contributed by atoms with E-state index in [1.165, 1.54) is 4.90 Å². The van der Waals surface area contributed by atoms with Crippen LogP contribution in [0.5, 0.6) is 17.2 Å². The highest BCUT2D eigenvalue weighted by molar-refractivity contribution is 5.97. The van der Waals surface area contributed by atoms with Crippen molar-refractivity contribution in [2.75, 3.05) is 39.8 Å². The normalized spacial score (nSPS) is 20.3. The average Bonchev–Trinajstić information content (AvgIpc) is 2.95. The number of piperidine rings is 1. The van der Waals surface area contributed by atoms with Crippen molar-refractivity contribution in [1.82, 2.24) is 20.1 Å². The quantitative estimate of drug-likeness (QED) is 0.524. The minimum absolute atomic E-state index is 0.0793. The number of fused-ring (bicyclic) bond motifs is 5. The number of carbonyl (C=O) groups is 2. The van der Waals surface area contributed by atoms with Crippen LogP contribution in [-0.2, 0) is 22.6 Å². The van der Waals surface area contributed by atoms with Gasteiger partial charge in [-0.15, -0.1) is 0 Å². The molecule has 1 aromatic heterocycles. The van der Waals surface area contributed by atoms with E-state index in [0.717, 1.165) is 37.2 Å². The van der Waals surface area contributed by atoms with E-state index in [1.807, 2.05) is 55.6 Å². The van der Waals surface area contributed by atoms with Gasteiger partial charge >= 0.3 is 0 Å². The van der Waals surface area contributed by atoms with Crippen molar-refractivity contribution >= 4 is 11.8 Å². The van der Waals surface area contributed by atoms with Crippen LogP contribution in [0.25, 0.3) is 0 Å². The summed E-state index contributed by atoms with van der Waals surface area (Å²) in [6.45, 7) is 5.00. The molecule has 1 N–H and O–H groups in total. The zero-order valence-electron chi connectivity index (χ0n) is 23.0. The van der Waals surface area contributed by atoms with Crippen LogP contribution >= 0.6 is 0 Å². The van der Waals surface area contributed by atoms with Crippen LogP contribution in [0.1, 0.15) is 35.0 Å². The Hall–Kier alpha value is -3.95. The molecule has 2 atom stereocenters. The molecule has 2 aromatic carbocycles. The van der Waals surface area contributed by atoms with E-state index in [9.17, 15) is 9.59 Å². The van der Waals surface area contributed by atoms with Crippen molar-refractivity contribution in [2.24, 2.45) is 0 Å². The molecule has 2 amide bonds. The van der Waals surface area contributed by atoms with Crippen LogP contribution in [0.3, 0.4) is 0 Å². The average molecular weight is 545 g/mol. The zero-order chi connectivity index (χ0) is 27.9. The SMILES string of the molecule is CCOc1cc2cc(c1)C(=O)N(C)CC(=O)N[C@H]1CN(CCc3ccccn3)CC[C@H]1OCc1cccc(c1)O2. The van der Waals surface area contributed by atoms with E-state index in [1.54, 1.807) is 25.2 Å². The second-order valence-electron chi connectivity index (χ2n) is 10.2. The lowest BCUT2D eigenvalue weighted by Gasteiger charge is -2.39. The number of hydrogen-bond acceptors (Lipinski definition) is 7. The highest BCUT2D eigenvalue weighted by atomic mass is 16.5. The van der Waals surface area contributed by atoms with Crippen LogP contribution < -0.4 is 14.8 Å². The summed E-state index contributed by atoms with van der Waals surface area (Å²) in [4.78, 5) is 34.7. The Kier molecular flexibility index (Phi) is 8.93. The van der Waals surface area contributed by atoms with Crippen molar-refractivity contribution in [3.05, 3.63) is 83.7 Å². The lowest BCUT2D eigenvalue weighted by atomic mass is 10.0. The third-order valence-electron chi connectivity index (χ3n) is 7.15. The number of pyridine rings is 1. The molecule has 3 aromatic rings. The first kappa shape index (κ1) is 27.6. The number of nitrogens with zero attached hydrogens (tertiary/aromatic N) is 3. The molecule has 1 fully saturated rings. The van der Waals surface area contributed by atoms with E-state index in [2.05, 4.69) is 15.2 Å². The summed E-state index contributed by atoms with van der Waals surface area (Å²) < 4.78 is 18.2. The van der Waals surface area contributed by atoms with E-state index in [0.29, 0.717) is 42.6 Å². The molecule has 9 nitrogen and oxygen atoms in total. The Morgan fingerprint density at radius 3 is 2.80 bits per heavy atom. The van der Waals surface area contributed by atoms with Crippen molar-refractivity contribution in [3.8, 4) is 17.2 Å². The first-order chi connectivity index (χ1) is 19.5. The maximum atomic E-state index is 13.3. The number of aromatic nitrogens is 1. The Labute approximate surface area is 235 Å². The first-order valence-electron chi connectivity index (χ1n) is 13.8. The van der Waals surface area contributed by atoms with E-state index < -0.39 is 0 Å². The van der Waals surface area contributed by atoms with Gasteiger partial charge in [0.2, 0.25) is 5.91 Å². The van der Waals surface area contributed by atoms with Gasteiger partial charge in [-0.2, -0.15) is 0 Å². The van der Waals surface area contributed by atoms with E-state index in [-0.39, 0.29) is 30.5 Å². The monoisotopic (exact) mass is 544 g/mol. The smallest absolute Gasteiger partial charge is 0.254 e. The summed E-state index contributed by atoms with van der Waals surface area (Å²) in [5, 5.41) is 3.16. The van der Waals surface area contributed by atoms with Gasteiger partial charge in [0, 0.05) is 56.6 Å². The van der Waals surface area contributed by atoms with Gasteiger partial charge in [-0.05, 0) is 55.3 Å². The van der Waals surface area contributed by atoms with Crippen LogP contribution in [-0.4, -0.2) is 78.6 Å². The molecule has 3 heterocycles. The fourth-order valence-electron chi connectivity index (χ4n) is 5.16. The van der Waals surface area contributed by atoms with Gasteiger partial charge in [-0.1, -0.05) is 18.2 Å². The first-order valence-corrected chi connectivity index (χ1v) is 13.8. The molecule has 4 bridgehead atoms. The Morgan fingerprint density at radius 1 is 1.07 bits per heavy atom. The lowest BCUT2D eigenvalue weighted by molar-refractivity contribution is -0.124. The molecular formula is C31H36N4O5. The molecule has 0 unspecified atom stereocenters. The predicted molar refractivity (Wildman–Crippen MR) is 151 cm³/mol. The molecule has 5 rings (SSSR count). The second-order valence-corrected chi connectivity index (χ2v) is 10.2. The van der Waals surface area contributed by atoms with Gasteiger partial charge in [0.15, 0.2) is 0 Å². The molecule has 0 spiro atoms. The molecule has 2 aliphatic rings. The molecule has 0 aliphatic carbocycles. The number of nitrogens with one attached hydrogen (secondary N) is 1. The Balaban J connectivity index is 1.37. The molecule has 0 radical (unpaired) electrons. The summed E-state index contributed by atoms with van der Waals surface area (Å²) in [7, 11) is 1.62.